The fourth-order valence-corrected chi connectivity index (χ4v) is 2.35. The molecule has 0 aliphatic rings. The predicted molar refractivity (Wildman–Crippen MR) is 98.1 cm³/mol. The smallest absolute Gasteiger partial charge is 0.349 e. The van der Waals surface area contributed by atoms with Gasteiger partial charge in [-0.25, -0.2) is 9.78 Å². The molecule has 0 unspecified atom stereocenters. The highest BCUT2D eigenvalue weighted by atomic mass is 19.4. The van der Waals surface area contributed by atoms with Gasteiger partial charge in [0.15, 0.2) is 0 Å². The third-order valence-electron chi connectivity index (χ3n) is 3.69. The summed E-state index contributed by atoms with van der Waals surface area (Å²) in [5, 5.41) is 2.63. The van der Waals surface area contributed by atoms with Gasteiger partial charge in [-0.2, -0.15) is 13.2 Å². The average molecular weight is 401 g/mol. The van der Waals surface area contributed by atoms with E-state index in [1.165, 1.54) is 24.3 Å². The summed E-state index contributed by atoms with van der Waals surface area (Å²) in [5.41, 5.74) is -0.865. The van der Waals surface area contributed by atoms with Gasteiger partial charge in [0, 0.05) is 11.8 Å². The summed E-state index contributed by atoms with van der Waals surface area (Å²) in [7, 11) is 0. The molecule has 3 rings (SSSR count). The van der Waals surface area contributed by atoms with Crippen LogP contribution in [0.4, 0.5) is 23.7 Å². The normalized spacial score (nSPS) is 10.9. The monoisotopic (exact) mass is 401 g/mol. The molecule has 3 aromatic rings. The standard InChI is InChI=1S/C20H14F3N3O3/c21-20(22,23)16-12-7-13-24-18(16)29-26(15-10-5-2-6-11-15)19(28)25-17(27)14-8-3-1-4-9-14/h1-13H,(H,25,27,28). The van der Waals surface area contributed by atoms with E-state index >= 15 is 0 Å². The van der Waals surface area contributed by atoms with Gasteiger partial charge in [0.25, 0.3) is 11.8 Å². The first-order chi connectivity index (χ1) is 13.9. The first-order valence-corrected chi connectivity index (χ1v) is 8.32. The second-order valence-electron chi connectivity index (χ2n) is 5.70. The Morgan fingerprint density at radius 3 is 2.14 bits per heavy atom. The SMILES string of the molecule is O=C(NC(=O)N(Oc1ncccc1C(F)(F)F)c1ccccc1)c1ccccc1. The van der Waals surface area contributed by atoms with Gasteiger partial charge in [0.05, 0.1) is 5.69 Å². The topological polar surface area (TPSA) is 71.5 Å². The number of anilines is 1. The zero-order valence-electron chi connectivity index (χ0n) is 14.8. The molecule has 0 spiro atoms. The molecular weight excluding hydrogens is 387 g/mol. The Hall–Kier alpha value is -3.88. The molecule has 0 radical (unpaired) electrons. The number of hydrogen-bond acceptors (Lipinski definition) is 4. The van der Waals surface area contributed by atoms with Crippen molar-refractivity contribution in [3.8, 4) is 5.88 Å². The van der Waals surface area contributed by atoms with E-state index in [0.29, 0.717) is 5.06 Å². The lowest BCUT2D eigenvalue weighted by Crippen LogP contribution is -2.45. The second-order valence-corrected chi connectivity index (χ2v) is 5.70. The second kappa shape index (κ2) is 8.42. The summed E-state index contributed by atoms with van der Waals surface area (Å²) in [4.78, 5) is 33.7. The number of nitrogens with zero attached hydrogens (tertiary/aromatic N) is 2. The number of benzene rings is 2. The maximum absolute atomic E-state index is 13.2. The fourth-order valence-electron chi connectivity index (χ4n) is 2.35. The summed E-state index contributed by atoms with van der Waals surface area (Å²) in [5.74, 6) is -1.57. The molecule has 3 amide bonds. The van der Waals surface area contributed by atoms with Crippen molar-refractivity contribution in [1.29, 1.82) is 0 Å². The Kier molecular flexibility index (Phi) is 5.77. The minimum atomic E-state index is -4.75. The Balaban J connectivity index is 1.91. The van der Waals surface area contributed by atoms with E-state index in [9.17, 15) is 22.8 Å². The molecule has 1 heterocycles. The van der Waals surface area contributed by atoms with Crippen molar-refractivity contribution in [1.82, 2.24) is 10.3 Å². The highest BCUT2D eigenvalue weighted by molar-refractivity contribution is 6.08. The molecule has 2 aromatic carbocycles. The van der Waals surface area contributed by atoms with Crippen molar-refractivity contribution in [3.63, 3.8) is 0 Å². The van der Waals surface area contributed by atoms with Crippen LogP contribution < -0.4 is 15.2 Å². The Bertz CT molecular complexity index is 996. The number of para-hydroxylation sites is 1. The van der Waals surface area contributed by atoms with Gasteiger partial charge in [0.1, 0.15) is 5.56 Å². The Morgan fingerprint density at radius 1 is 0.897 bits per heavy atom. The van der Waals surface area contributed by atoms with Crippen molar-refractivity contribution in [2.24, 2.45) is 0 Å². The van der Waals surface area contributed by atoms with Crippen LogP contribution >= 0.6 is 0 Å². The zero-order valence-corrected chi connectivity index (χ0v) is 14.8. The number of nitrogens with one attached hydrogen (secondary N) is 1. The number of pyridine rings is 1. The number of imide groups is 1. The van der Waals surface area contributed by atoms with E-state index in [2.05, 4.69) is 10.3 Å². The minimum Gasteiger partial charge on any atom is -0.349 e. The van der Waals surface area contributed by atoms with Gasteiger partial charge < -0.3 is 4.84 Å². The first kappa shape index (κ1) is 19.9. The number of carbonyl (C=O) groups is 2. The van der Waals surface area contributed by atoms with Crippen LogP contribution in [-0.4, -0.2) is 16.9 Å². The van der Waals surface area contributed by atoms with Crippen LogP contribution in [0, 0.1) is 0 Å². The van der Waals surface area contributed by atoms with Crippen LogP contribution in [0.3, 0.4) is 0 Å². The van der Waals surface area contributed by atoms with Crippen LogP contribution in [-0.2, 0) is 6.18 Å². The van der Waals surface area contributed by atoms with E-state index in [0.717, 1.165) is 18.3 Å². The summed E-state index contributed by atoms with van der Waals surface area (Å²) in [6.45, 7) is 0. The maximum atomic E-state index is 13.2. The molecule has 9 heteroatoms. The average Bonchev–Trinajstić information content (AvgIpc) is 2.72. The number of halogens is 3. The van der Waals surface area contributed by atoms with E-state index in [-0.39, 0.29) is 11.3 Å². The number of carbonyl (C=O) groups excluding carboxylic acids is 2. The van der Waals surface area contributed by atoms with E-state index in [1.807, 2.05) is 0 Å². The number of urea groups is 1. The van der Waals surface area contributed by atoms with Crippen molar-refractivity contribution in [3.05, 3.63) is 90.1 Å². The molecule has 0 aliphatic carbocycles. The van der Waals surface area contributed by atoms with E-state index in [4.69, 9.17) is 4.84 Å². The molecule has 1 N–H and O–H groups in total. The molecule has 1 aromatic heterocycles. The van der Waals surface area contributed by atoms with Crippen molar-refractivity contribution in [2.75, 3.05) is 5.06 Å². The molecule has 0 aliphatic heterocycles. The van der Waals surface area contributed by atoms with Crippen molar-refractivity contribution < 1.29 is 27.6 Å². The maximum Gasteiger partial charge on any atom is 0.421 e. The number of amides is 3. The van der Waals surface area contributed by atoms with Crippen LogP contribution in [0.15, 0.2) is 79.0 Å². The molecule has 0 fully saturated rings. The van der Waals surface area contributed by atoms with Crippen molar-refractivity contribution >= 4 is 17.6 Å². The summed E-state index contributed by atoms with van der Waals surface area (Å²) in [6, 6.07) is 16.3. The Morgan fingerprint density at radius 2 is 1.52 bits per heavy atom. The minimum absolute atomic E-state index is 0.102. The van der Waals surface area contributed by atoms with Crippen molar-refractivity contribution in [2.45, 2.75) is 6.18 Å². The zero-order chi connectivity index (χ0) is 20.9. The highest BCUT2D eigenvalue weighted by Crippen LogP contribution is 2.35. The lowest BCUT2D eigenvalue weighted by atomic mass is 10.2. The molecule has 29 heavy (non-hydrogen) atoms. The number of hydrogen-bond donors (Lipinski definition) is 1. The van der Waals surface area contributed by atoms with Gasteiger partial charge in [-0.3, -0.25) is 10.1 Å². The van der Waals surface area contributed by atoms with Crippen LogP contribution in [0.1, 0.15) is 15.9 Å². The molecule has 0 bridgehead atoms. The van der Waals surface area contributed by atoms with Gasteiger partial charge >= 0.3 is 12.2 Å². The lowest BCUT2D eigenvalue weighted by molar-refractivity contribution is -0.139. The molecule has 0 saturated carbocycles. The number of rotatable bonds is 4. The third kappa shape index (κ3) is 4.89. The fraction of sp³-hybridized carbons (Fsp3) is 0.0500. The number of alkyl halides is 3. The number of hydroxylamine groups is 1. The van der Waals surface area contributed by atoms with Gasteiger partial charge in [-0.15, -0.1) is 5.06 Å². The van der Waals surface area contributed by atoms with Crippen LogP contribution in [0.5, 0.6) is 5.88 Å². The predicted octanol–water partition coefficient (Wildman–Crippen LogP) is 4.45. The van der Waals surface area contributed by atoms with Gasteiger partial charge in [-0.1, -0.05) is 36.4 Å². The molecule has 148 valence electrons. The van der Waals surface area contributed by atoms with E-state index < -0.39 is 29.6 Å². The van der Waals surface area contributed by atoms with Gasteiger partial charge in [-0.05, 0) is 36.4 Å². The lowest BCUT2D eigenvalue weighted by Gasteiger charge is -2.23. The molecule has 0 atom stereocenters. The summed E-state index contributed by atoms with van der Waals surface area (Å²) in [6.07, 6.45) is -3.65. The molecule has 0 saturated heterocycles. The summed E-state index contributed by atoms with van der Waals surface area (Å²) < 4.78 is 39.7. The summed E-state index contributed by atoms with van der Waals surface area (Å²) >= 11 is 0. The molecular formula is C20H14F3N3O3. The van der Waals surface area contributed by atoms with Crippen LogP contribution in [0.25, 0.3) is 0 Å². The quantitative estimate of drug-likeness (QED) is 0.656. The van der Waals surface area contributed by atoms with Gasteiger partial charge in [0.2, 0.25) is 0 Å². The largest absolute Gasteiger partial charge is 0.421 e. The highest BCUT2D eigenvalue weighted by Gasteiger charge is 2.36. The number of aromatic nitrogens is 1. The Labute approximate surface area is 163 Å². The van der Waals surface area contributed by atoms with E-state index in [1.54, 1.807) is 36.4 Å². The van der Waals surface area contributed by atoms with Crippen LogP contribution in [0.2, 0.25) is 0 Å². The molecule has 6 nitrogen and oxygen atoms in total. The first-order valence-electron chi connectivity index (χ1n) is 8.32. The third-order valence-corrected chi connectivity index (χ3v) is 3.69.